The van der Waals surface area contributed by atoms with Gasteiger partial charge in [0, 0.05) is 12.1 Å². The van der Waals surface area contributed by atoms with E-state index >= 15 is 0 Å². The van der Waals surface area contributed by atoms with Crippen molar-refractivity contribution in [2.24, 2.45) is 0 Å². The monoisotopic (exact) mass is 348 g/mol. The van der Waals surface area contributed by atoms with E-state index in [0.29, 0.717) is 24.2 Å². The minimum atomic E-state index is -3.28. The fraction of sp³-hybridized carbons (Fsp3) is 0.235. The summed E-state index contributed by atoms with van der Waals surface area (Å²) in [5.74, 6) is -0.822. The smallest absolute Gasteiger partial charge is 0.255 e. The van der Waals surface area contributed by atoms with E-state index < -0.39 is 21.7 Å². The Morgan fingerprint density at radius 2 is 1.75 bits per heavy atom. The number of halogens is 1. The molecule has 1 aliphatic rings. The maximum atomic E-state index is 13.6. The zero-order chi connectivity index (χ0) is 17.2. The number of nitrogens with one attached hydrogen (secondary N) is 1. The van der Waals surface area contributed by atoms with Crippen molar-refractivity contribution < 1.29 is 17.6 Å². The first-order valence-electron chi connectivity index (χ1n) is 7.64. The average Bonchev–Trinajstić information content (AvgIpc) is 2.57. The van der Waals surface area contributed by atoms with Crippen LogP contribution < -0.4 is 9.62 Å². The van der Waals surface area contributed by atoms with Crippen LogP contribution in [0.15, 0.2) is 48.5 Å². The van der Waals surface area contributed by atoms with Crippen LogP contribution in [0.4, 0.5) is 15.8 Å². The summed E-state index contributed by atoms with van der Waals surface area (Å²) >= 11 is 0. The minimum absolute atomic E-state index is 0.102. The van der Waals surface area contributed by atoms with Crippen molar-refractivity contribution in [3.63, 3.8) is 0 Å². The Kier molecular flexibility index (Phi) is 4.53. The number of carbonyl (C=O) groups is 1. The Morgan fingerprint density at radius 3 is 2.42 bits per heavy atom. The SMILES string of the molecule is O=C(Nc1ccccc1F)c1ccc(N2CCCCS2(=O)=O)cc1. The van der Waals surface area contributed by atoms with Crippen molar-refractivity contribution in [2.75, 3.05) is 21.9 Å². The summed E-state index contributed by atoms with van der Waals surface area (Å²) in [6, 6.07) is 12.2. The quantitative estimate of drug-likeness (QED) is 0.927. The van der Waals surface area contributed by atoms with E-state index in [-0.39, 0.29) is 11.4 Å². The van der Waals surface area contributed by atoms with Crippen LogP contribution in [0, 0.1) is 5.82 Å². The summed E-state index contributed by atoms with van der Waals surface area (Å²) in [7, 11) is -3.28. The number of amides is 1. The molecule has 5 nitrogen and oxygen atoms in total. The number of anilines is 2. The standard InChI is InChI=1S/C17H17FN2O3S/c18-15-5-1-2-6-16(15)19-17(21)13-7-9-14(10-8-13)20-11-3-4-12-24(20,22)23/h1-2,5-10H,3-4,11-12H2,(H,19,21). The van der Waals surface area contributed by atoms with Crippen molar-refractivity contribution in [1.29, 1.82) is 0 Å². The minimum Gasteiger partial charge on any atom is -0.319 e. The number of benzene rings is 2. The van der Waals surface area contributed by atoms with Gasteiger partial charge in [-0.05, 0) is 49.2 Å². The Labute approximate surface area is 140 Å². The highest BCUT2D eigenvalue weighted by molar-refractivity contribution is 7.92. The molecular weight excluding hydrogens is 331 g/mol. The average molecular weight is 348 g/mol. The van der Waals surface area contributed by atoms with E-state index in [1.807, 2.05) is 0 Å². The second-order valence-electron chi connectivity index (χ2n) is 5.58. The van der Waals surface area contributed by atoms with Gasteiger partial charge in [0.1, 0.15) is 5.82 Å². The molecule has 1 saturated heterocycles. The first kappa shape index (κ1) is 16.4. The van der Waals surface area contributed by atoms with Gasteiger partial charge in [0.05, 0.1) is 17.1 Å². The maximum absolute atomic E-state index is 13.6. The molecule has 0 radical (unpaired) electrons. The number of rotatable bonds is 3. The lowest BCUT2D eigenvalue weighted by molar-refractivity contribution is 0.102. The molecule has 1 fully saturated rings. The van der Waals surface area contributed by atoms with Crippen LogP contribution in [0.3, 0.4) is 0 Å². The van der Waals surface area contributed by atoms with Gasteiger partial charge < -0.3 is 5.32 Å². The summed E-state index contributed by atoms with van der Waals surface area (Å²) in [6.45, 7) is 0.448. The van der Waals surface area contributed by atoms with Crippen LogP contribution in [-0.2, 0) is 10.0 Å². The predicted molar refractivity (Wildman–Crippen MR) is 91.2 cm³/mol. The molecule has 1 heterocycles. The van der Waals surface area contributed by atoms with Gasteiger partial charge >= 0.3 is 0 Å². The third kappa shape index (κ3) is 3.41. The molecule has 24 heavy (non-hydrogen) atoms. The third-order valence-electron chi connectivity index (χ3n) is 3.89. The summed E-state index contributed by atoms with van der Waals surface area (Å²) in [4.78, 5) is 12.2. The van der Waals surface area contributed by atoms with E-state index in [1.165, 1.54) is 28.6 Å². The predicted octanol–water partition coefficient (Wildman–Crippen LogP) is 3.01. The van der Waals surface area contributed by atoms with Crippen LogP contribution >= 0.6 is 0 Å². The Morgan fingerprint density at radius 1 is 1.04 bits per heavy atom. The van der Waals surface area contributed by atoms with Crippen LogP contribution in [0.1, 0.15) is 23.2 Å². The molecule has 0 saturated carbocycles. The summed E-state index contributed by atoms with van der Waals surface area (Å²) in [5, 5.41) is 2.50. The second kappa shape index (κ2) is 6.60. The molecule has 0 bridgehead atoms. The van der Waals surface area contributed by atoms with Crippen molar-refractivity contribution in [3.8, 4) is 0 Å². The molecule has 126 valence electrons. The lowest BCUT2D eigenvalue weighted by Gasteiger charge is -2.28. The van der Waals surface area contributed by atoms with Gasteiger partial charge in [-0.2, -0.15) is 0 Å². The number of sulfonamides is 1. The molecule has 0 aromatic heterocycles. The third-order valence-corrected chi connectivity index (χ3v) is 5.76. The summed E-state index contributed by atoms with van der Waals surface area (Å²) < 4.78 is 39.1. The first-order chi connectivity index (χ1) is 11.5. The Bertz CT molecular complexity index is 850. The van der Waals surface area contributed by atoms with Gasteiger partial charge in [-0.25, -0.2) is 12.8 Å². The molecule has 3 rings (SSSR count). The van der Waals surface area contributed by atoms with Gasteiger partial charge in [0.25, 0.3) is 5.91 Å². The van der Waals surface area contributed by atoms with Gasteiger partial charge in [-0.15, -0.1) is 0 Å². The van der Waals surface area contributed by atoms with Crippen LogP contribution in [0.5, 0.6) is 0 Å². The Balaban J connectivity index is 1.77. The van der Waals surface area contributed by atoms with E-state index in [2.05, 4.69) is 5.32 Å². The van der Waals surface area contributed by atoms with Crippen molar-refractivity contribution in [2.45, 2.75) is 12.8 Å². The molecule has 0 spiro atoms. The van der Waals surface area contributed by atoms with Crippen LogP contribution in [-0.4, -0.2) is 26.6 Å². The van der Waals surface area contributed by atoms with Crippen molar-refractivity contribution in [3.05, 3.63) is 59.9 Å². The van der Waals surface area contributed by atoms with Gasteiger partial charge in [0.2, 0.25) is 10.0 Å². The molecule has 1 aliphatic heterocycles. The number of carbonyl (C=O) groups excluding carboxylic acids is 1. The molecule has 0 unspecified atom stereocenters. The van der Waals surface area contributed by atoms with Gasteiger partial charge in [-0.1, -0.05) is 12.1 Å². The molecule has 7 heteroatoms. The number of hydrogen-bond donors (Lipinski definition) is 1. The highest BCUT2D eigenvalue weighted by atomic mass is 32.2. The zero-order valence-corrected chi connectivity index (χ0v) is 13.7. The fourth-order valence-electron chi connectivity index (χ4n) is 2.61. The molecule has 0 atom stereocenters. The van der Waals surface area contributed by atoms with Gasteiger partial charge in [-0.3, -0.25) is 9.10 Å². The maximum Gasteiger partial charge on any atom is 0.255 e. The van der Waals surface area contributed by atoms with Crippen LogP contribution in [0.2, 0.25) is 0 Å². The first-order valence-corrected chi connectivity index (χ1v) is 9.25. The highest BCUT2D eigenvalue weighted by Gasteiger charge is 2.26. The zero-order valence-electron chi connectivity index (χ0n) is 12.9. The number of hydrogen-bond acceptors (Lipinski definition) is 3. The van der Waals surface area contributed by atoms with Crippen molar-refractivity contribution in [1.82, 2.24) is 0 Å². The summed E-state index contributed by atoms with van der Waals surface area (Å²) in [6.07, 6.45) is 1.48. The molecular formula is C17H17FN2O3S. The normalized spacial score (nSPS) is 16.6. The van der Waals surface area contributed by atoms with E-state index in [9.17, 15) is 17.6 Å². The van der Waals surface area contributed by atoms with Crippen LogP contribution in [0.25, 0.3) is 0 Å². The lowest BCUT2D eigenvalue weighted by Crippen LogP contribution is -2.37. The lowest BCUT2D eigenvalue weighted by atomic mass is 10.2. The number of nitrogens with zero attached hydrogens (tertiary/aromatic N) is 1. The summed E-state index contributed by atoms with van der Waals surface area (Å²) in [5.41, 5.74) is 0.971. The molecule has 2 aromatic carbocycles. The van der Waals surface area contributed by atoms with E-state index in [0.717, 1.165) is 6.42 Å². The molecule has 1 amide bonds. The topological polar surface area (TPSA) is 66.5 Å². The fourth-order valence-corrected chi connectivity index (χ4v) is 4.25. The van der Waals surface area contributed by atoms with Crippen molar-refractivity contribution >= 4 is 27.3 Å². The number of para-hydroxylation sites is 1. The molecule has 2 aromatic rings. The van der Waals surface area contributed by atoms with E-state index in [4.69, 9.17) is 0 Å². The van der Waals surface area contributed by atoms with Gasteiger partial charge in [0.15, 0.2) is 0 Å². The van der Waals surface area contributed by atoms with E-state index in [1.54, 1.807) is 24.3 Å². The largest absolute Gasteiger partial charge is 0.319 e. The highest BCUT2D eigenvalue weighted by Crippen LogP contribution is 2.24. The second-order valence-corrected chi connectivity index (χ2v) is 7.59. The Hall–Kier alpha value is -2.41. The molecule has 1 N–H and O–H groups in total. The molecule has 0 aliphatic carbocycles.